The van der Waals surface area contributed by atoms with Gasteiger partial charge in [0.15, 0.2) is 0 Å². The highest BCUT2D eigenvalue weighted by molar-refractivity contribution is 5.95. The monoisotopic (exact) mass is 353 g/mol. The number of hydrogen-bond acceptors (Lipinski definition) is 4. The first-order chi connectivity index (χ1) is 11.6. The minimum Gasteiger partial charge on any atom is -0.442 e. The van der Waals surface area contributed by atoms with Crippen molar-refractivity contribution in [1.82, 2.24) is 10.7 Å². The first-order valence-corrected chi connectivity index (χ1v) is 7.73. The molecule has 1 aliphatic rings. The molecule has 2 N–H and O–H groups in total. The maximum Gasteiger partial charge on any atom is 0.414 e. The van der Waals surface area contributed by atoms with E-state index in [1.807, 2.05) is 0 Å². The van der Waals surface area contributed by atoms with Crippen molar-refractivity contribution in [2.45, 2.75) is 13.0 Å². The van der Waals surface area contributed by atoms with Crippen LogP contribution in [0.25, 0.3) is 0 Å². The average Bonchev–Trinajstić information content (AvgIpc) is 2.84. The first-order valence-electron chi connectivity index (χ1n) is 7.73. The Balaban J connectivity index is 2.11. The number of quaternary nitrogens is 1. The number of halogens is 1. The second-order valence-electron chi connectivity index (χ2n) is 6.67. The number of benzene rings is 1. The van der Waals surface area contributed by atoms with Gasteiger partial charge in [-0.05, 0) is 18.2 Å². The van der Waals surface area contributed by atoms with E-state index >= 15 is 0 Å². The predicted octanol–water partition coefficient (Wildman–Crippen LogP) is 0.638. The summed E-state index contributed by atoms with van der Waals surface area (Å²) in [5.74, 6) is -1.51. The summed E-state index contributed by atoms with van der Waals surface area (Å²) in [4.78, 5) is 36.2. The van der Waals surface area contributed by atoms with Crippen LogP contribution in [-0.4, -0.2) is 62.8 Å². The van der Waals surface area contributed by atoms with Crippen LogP contribution in [0.4, 0.5) is 14.9 Å². The van der Waals surface area contributed by atoms with Crippen molar-refractivity contribution >= 4 is 23.6 Å². The standard InChI is InChI=1S/C16H21FN4O4/c1-10(22)18-8-12-9-20(16(24)25-12)11-5-6-13(14(17)7-11)15(23)19-21(2,3)4/h5-7,12H,8-9H2,1-4H3,(H-,18,19,22,23)/p+1/t12-/m0/s1. The van der Waals surface area contributed by atoms with Gasteiger partial charge >= 0.3 is 6.09 Å². The van der Waals surface area contributed by atoms with Crippen LogP contribution in [0.1, 0.15) is 17.3 Å². The zero-order valence-corrected chi connectivity index (χ0v) is 14.6. The van der Waals surface area contributed by atoms with E-state index in [4.69, 9.17) is 4.74 Å². The minimum atomic E-state index is -0.735. The SMILES string of the molecule is CC(=O)NC[C@H]1CN(c2ccc(C(=O)N[N+](C)(C)C)c(F)c2)C(=O)O1. The van der Waals surface area contributed by atoms with Crippen molar-refractivity contribution in [1.29, 1.82) is 0 Å². The van der Waals surface area contributed by atoms with Gasteiger partial charge in [0.25, 0.3) is 5.91 Å². The second-order valence-corrected chi connectivity index (χ2v) is 6.67. The molecule has 3 amide bonds. The molecule has 0 aliphatic carbocycles. The number of ether oxygens (including phenoxy) is 1. The molecule has 1 aromatic rings. The van der Waals surface area contributed by atoms with Gasteiger partial charge in [-0.1, -0.05) is 0 Å². The molecule has 8 nitrogen and oxygen atoms in total. The molecule has 1 atom stereocenters. The van der Waals surface area contributed by atoms with E-state index in [2.05, 4.69) is 10.7 Å². The van der Waals surface area contributed by atoms with E-state index in [9.17, 15) is 18.8 Å². The molecule has 1 aliphatic heterocycles. The predicted molar refractivity (Wildman–Crippen MR) is 88.2 cm³/mol. The van der Waals surface area contributed by atoms with E-state index in [1.165, 1.54) is 24.0 Å². The number of anilines is 1. The summed E-state index contributed by atoms with van der Waals surface area (Å²) in [6, 6.07) is 3.92. The Kier molecular flexibility index (Phi) is 5.27. The Hall–Kier alpha value is -2.68. The van der Waals surface area contributed by atoms with Gasteiger partial charge in [0, 0.05) is 6.92 Å². The van der Waals surface area contributed by atoms with Gasteiger partial charge < -0.3 is 10.1 Å². The van der Waals surface area contributed by atoms with Gasteiger partial charge in [-0.25, -0.2) is 13.8 Å². The zero-order chi connectivity index (χ0) is 18.8. The summed E-state index contributed by atoms with van der Waals surface area (Å²) in [5, 5.41) is 2.57. The molecule has 1 fully saturated rings. The molecule has 0 aromatic heterocycles. The van der Waals surface area contributed by atoms with Crippen LogP contribution in [0, 0.1) is 5.82 Å². The molecular formula is C16H22FN4O4+. The van der Waals surface area contributed by atoms with Gasteiger partial charge in [-0.2, -0.15) is 5.43 Å². The highest BCUT2D eigenvalue weighted by Gasteiger charge is 2.33. The van der Waals surface area contributed by atoms with Crippen molar-refractivity contribution in [3.05, 3.63) is 29.6 Å². The van der Waals surface area contributed by atoms with Gasteiger partial charge in [0.05, 0.1) is 45.5 Å². The minimum absolute atomic E-state index is 0.112. The summed E-state index contributed by atoms with van der Waals surface area (Å²) < 4.78 is 19.6. The van der Waals surface area contributed by atoms with Crippen LogP contribution in [0.15, 0.2) is 18.2 Å². The van der Waals surface area contributed by atoms with Crippen LogP contribution in [-0.2, 0) is 9.53 Å². The number of hydrogen-bond donors (Lipinski definition) is 2. The number of amides is 3. The second kappa shape index (κ2) is 7.06. The molecule has 1 saturated heterocycles. The maximum atomic E-state index is 14.3. The molecule has 0 radical (unpaired) electrons. The molecule has 2 rings (SSSR count). The van der Waals surface area contributed by atoms with Crippen LogP contribution >= 0.6 is 0 Å². The molecule has 0 bridgehead atoms. The summed E-state index contributed by atoms with van der Waals surface area (Å²) in [6.45, 7) is 1.73. The number of nitrogens with zero attached hydrogens (tertiary/aromatic N) is 2. The molecule has 0 saturated carbocycles. The third-order valence-electron chi connectivity index (χ3n) is 3.40. The summed E-state index contributed by atoms with van der Waals surface area (Å²) in [7, 11) is 5.21. The van der Waals surface area contributed by atoms with Gasteiger partial charge in [0.1, 0.15) is 11.9 Å². The average molecular weight is 353 g/mol. The van der Waals surface area contributed by atoms with E-state index in [0.29, 0.717) is 0 Å². The first kappa shape index (κ1) is 18.7. The highest BCUT2D eigenvalue weighted by Crippen LogP contribution is 2.24. The van der Waals surface area contributed by atoms with E-state index in [-0.39, 0.29) is 34.8 Å². The lowest BCUT2D eigenvalue weighted by Crippen LogP contribution is -2.51. The topological polar surface area (TPSA) is 87.7 Å². The van der Waals surface area contributed by atoms with Crippen LogP contribution in [0.2, 0.25) is 0 Å². The third kappa shape index (κ3) is 4.90. The summed E-state index contributed by atoms with van der Waals surface area (Å²) in [5.41, 5.74) is 2.80. The fourth-order valence-corrected chi connectivity index (χ4v) is 2.32. The Labute approximate surface area is 145 Å². The largest absolute Gasteiger partial charge is 0.442 e. The molecule has 0 unspecified atom stereocenters. The van der Waals surface area contributed by atoms with Crippen molar-refractivity contribution in [3.8, 4) is 0 Å². The third-order valence-corrected chi connectivity index (χ3v) is 3.40. The molecule has 0 spiro atoms. The van der Waals surface area contributed by atoms with Gasteiger partial charge in [-0.3, -0.25) is 14.5 Å². The molecular weight excluding hydrogens is 331 g/mol. The Bertz CT molecular complexity index is 702. The fourth-order valence-electron chi connectivity index (χ4n) is 2.32. The molecule has 1 aromatic carbocycles. The molecule has 136 valence electrons. The quantitative estimate of drug-likeness (QED) is 0.601. The lowest BCUT2D eigenvalue weighted by Gasteiger charge is -2.23. The van der Waals surface area contributed by atoms with E-state index in [1.54, 1.807) is 21.1 Å². The van der Waals surface area contributed by atoms with Crippen molar-refractivity contribution in [3.63, 3.8) is 0 Å². The lowest BCUT2D eigenvalue weighted by atomic mass is 10.1. The van der Waals surface area contributed by atoms with Gasteiger partial charge in [-0.15, -0.1) is 0 Å². The fraction of sp³-hybridized carbons (Fsp3) is 0.438. The molecule has 9 heteroatoms. The number of rotatable bonds is 5. The maximum absolute atomic E-state index is 14.3. The van der Waals surface area contributed by atoms with Crippen LogP contribution in [0.5, 0.6) is 0 Å². The molecule has 1 heterocycles. The van der Waals surface area contributed by atoms with Crippen molar-refractivity contribution in [2.75, 3.05) is 39.1 Å². The Morgan fingerprint density at radius 1 is 1.36 bits per heavy atom. The van der Waals surface area contributed by atoms with Crippen LogP contribution in [0.3, 0.4) is 0 Å². The Morgan fingerprint density at radius 2 is 2.04 bits per heavy atom. The number of carbonyl (C=O) groups is 3. The summed E-state index contributed by atoms with van der Waals surface area (Å²) in [6.07, 6.45) is -1.14. The Morgan fingerprint density at radius 3 is 2.60 bits per heavy atom. The normalized spacial score (nSPS) is 17.2. The lowest BCUT2D eigenvalue weighted by molar-refractivity contribution is -0.905. The summed E-state index contributed by atoms with van der Waals surface area (Å²) >= 11 is 0. The number of cyclic esters (lactones) is 1. The highest BCUT2D eigenvalue weighted by atomic mass is 19.1. The van der Waals surface area contributed by atoms with Crippen molar-refractivity contribution < 1.29 is 28.1 Å². The van der Waals surface area contributed by atoms with E-state index in [0.717, 1.165) is 6.07 Å². The van der Waals surface area contributed by atoms with Crippen molar-refractivity contribution in [2.24, 2.45) is 0 Å². The zero-order valence-electron chi connectivity index (χ0n) is 14.6. The van der Waals surface area contributed by atoms with Crippen LogP contribution < -0.4 is 15.6 Å². The number of carbonyl (C=O) groups excluding carboxylic acids is 3. The van der Waals surface area contributed by atoms with Gasteiger partial charge in [0.2, 0.25) is 5.91 Å². The number of nitrogens with one attached hydrogen (secondary N) is 2. The molecule has 25 heavy (non-hydrogen) atoms. The van der Waals surface area contributed by atoms with E-state index < -0.39 is 23.9 Å². The smallest absolute Gasteiger partial charge is 0.414 e.